The Labute approximate surface area is 89.5 Å². The van der Waals surface area contributed by atoms with Crippen LogP contribution in [0.4, 0.5) is 5.69 Å². The fourth-order valence-corrected chi connectivity index (χ4v) is 1.73. The highest BCUT2D eigenvalue weighted by atomic mass is 79.9. The molecule has 1 heterocycles. The van der Waals surface area contributed by atoms with E-state index in [1.165, 1.54) is 6.20 Å². The molecular formula is C6H6BrClN2O2S. The predicted octanol–water partition coefficient (Wildman–Crippen LogP) is 1.78. The summed E-state index contributed by atoms with van der Waals surface area (Å²) in [6.45, 7) is 0. The first kappa shape index (κ1) is 10.7. The van der Waals surface area contributed by atoms with Crippen molar-refractivity contribution in [2.45, 2.75) is 0 Å². The van der Waals surface area contributed by atoms with Gasteiger partial charge in [0.05, 0.1) is 11.9 Å². The van der Waals surface area contributed by atoms with Crippen molar-refractivity contribution in [3.63, 3.8) is 0 Å². The lowest BCUT2D eigenvalue weighted by molar-refractivity contribution is 0.605. The van der Waals surface area contributed by atoms with Gasteiger partial charge >= 0.3 is 0 Å². The smallest absolute Gasteiger partial charge is 0.246 e. The molecule has 1 N–H and O–H groups in total. The summed E-state index contributed by atoms with van der Waals surface area (Å²) < 4.78 is 24.9. The number of aromatic nitrogens is 1. The van der Waals surface area contributed by atoms with Crippen LogP contribution in [-0.4, -0.2) is 18.6 Å². The number of nitrogens with zero attached hydrogens (tertiary/aromatic N) is 1. The van der Waals surface area contributed by atoms with Gasteiger partial charge in [0.1, 0.15) is 5.21 Å². The fraction of sp³-hybridized carbons (Fsp3) is 0.167. The monoisotopic (exact) mass is 284 g/mol. The van der Waals surface area contributed by atoms with Crippen LogP contribution >= 0.6 is 27.5 Å². The first-order chi connectivity index (χ1) is 6.03. The molecule has 0 spiro atoms. The molecule has 0 aliphatic carbocycles. The zero-order chi connectivity index (χ0) is 9.90. The normalized spacial score (nSPS) is 11.2. The van der Waals surface area contributed by atoms with Gasteiger partial charge in [-0.3, -0.25) is 9.71 Å². The van der Waals surface area contributed by atoms with Crippen LogP contribution < -0.4 is 4.72 Å². The highest BCUT2D eigenvalue weighted by molar-refractivity contribution is 9.10. The molecule has 0 saturated heterocycles. The van der Waals surface area contributed by atoms with Crippen molar-refractivity contribution in [2.24, 2.45) is 0 Å². The number of hydrogen-bond donors (Lipinski definition) is 1. The first-order valence-corrected chi connectivity index (χ1v) is 6.18. The molecule has 0 unspecified atom stereocenters. The quantitative estimate of drug-likeness (QED) is 0.861. The molecule has 1 rings (SSSR count). The van der Waals surface area contributed by atoms with Gasteiger partial charge in [0.2, 0.25) is 10.0 Å². The summed E-state index contributed by atoms with van der Waals surface area (Å²) >= 11 is 8.36. The molecule has 0 aliphatic heterocycles. The van der Waals surface area contributed by atoms with Gasteiger partial charge < -0.3 is 0 Å². The Hall–Kier alpha value is -0.330. The SMILES string of the molecule is O=S(=O)(CCl)Nc1cncc(Br)c1. The van der Waals surface area contributed by atoms with Crippen molar-refractivity contribution in [3.8, 4) is 0 Å². The van der Waals surface area contributed by atoms with E-state index in [9.17, 15) is 8.42 Å². The maximum Gasteiger partial charge on any atom is 0.246 e. The van der Waals surface area contributed by atoms with Crippen LogP contribution in [0.5, 0.6) is 0 Å². The zero-order valence-corrected chi connectivity index (χ0v) is 9.53. The lowest BCUT2D eigenvalue weighted by Crippen LogP contribution is -2.13. The van der Waals surface area contributed by atoms with Crippen LogP contribution in [0, 0.1) is 0 Å². The summed E-state index contributed by atoms with van der Waals surface area (Å²) in [5, 5.41) is -0.473. The van der Waals surface area contributed by atoms with Crippen molar-refractivity contribution in [2.75, 3.05) is 9.93 Å². The molecule has 1 aromatic rings. The molecule has 0 atom stereocenters. The van der Waals surface area contributed by atoms with E-state index in [1.807, 2.05) is 0 Å². The van der Waals surface area contributed by atoms with Crippen LogP contribution in [0.25, 0.3) is 0 Å². The van der Waals surface area contributed by atoms with Crippen molar-refractivity contribution in [1.29, 1.82) is 0 Å². The Morgan fingerprint density at radius 2 is 2.23 bits per heavy atom. The number of alkyl halides is 1. The fourth-order valence-electron chi connectivity index (χ4n) is 0.675. The second kappa shape index (κ2) is 4.26. The third-order valence-electron chi connectivity index (χ3n) is 1.12. The molecule has 4 nitrogen and oxygen atoms in total. The minimum absolute atomic E-state index is 0.384. The molecule has 7 heteroatoms. The Balaban J connectivity index is 2.87. The maximum atomic E-state index is 11.0. The van der Waals surface area contributed by atoms with Crippen molar-refractivity contribution in [3.05, 3.63) is 22.9 Å². The molecule has 72 valence electrons. The summed E-state index contributed by atoms with van der Waals surface area (Å²) in [5.41, 5.74) is 0.384. The summed E-state index contributed by atoms with van der Waals surface area (Å²) in [6, 6.07) is 1.59. The molecular weight excluding hydrogens is 280 g/mol. The summed E-state index contributed by atoms with van der Waals surface area (Å²) in [6.07, 6.45) is 2.95. The first-order valence-electron chi connectivity index (χ1n) is 3.20. The third kappa shape index (κ3) is 3.50. The number of hydrogen-bond acceptors (Lipinski definition) is 3. The third-order valence-corrected chi connectivity index (χ3v) is 3.25. The molecule has 0 aromatic carbocycles. The van der Waals surface area contributed by atoms with Crippen molar-refractivity contribution in [1.82, 2.24) is 4.98 Å². The van der Waals surface area contributed by atoms with Crippen LogP contribution in [-0.2, 0) is 10.0 Å². The van der Waals surface area contributed by atoms with Gasteiger partial charge in [0, 0.05) is 10.7 Å². The van der Waals surface area contributed by atoms with Gasteiger partial charge in [-0.15, -0.1) is 11.6 Å². The van der Waals surface area contributed by atoms with Gasteiger partial charge in [0.25, 0.3) is 0 Å². The number of nitrogens with one attached hydrogen (secondary N) is 1. The van der Waals surface area contributed by atoms with E-state index in [1.54, 1.807) is 12.3 Å². The average molecular weight is 286 g/mol. The van der Waals surface area contributed by atoms with Gasteiger partial charge in [-0.25, -0.2) is 8.42 Å². The number of sulfonamides is 1. The largest absolute Gasteiger partial charge is 0.281 e. The molecule has 13 heavy (non-hydrogen) atoms. The summed E-state index contributed by atoms with van der Waals surface area (Å²) in [5.74, 6) is 0. The molecule has 0 radical (unpaired) electrons. The summed E-state index contributed by atoms with van der Waals surface area (Å²) in [7, 11) is -3.43. The standard InChI is InChI=1S/C6H6BrClN2O2S/c7-5-1-6(3-9-2-5)10-13(11,12)4-8/h1-3,10H,4H2. The minimum atomic E-state index is -3.43. The highest BCUT2D eigenvalue weighted by Gasteiger charge is 2.07. The van der Waals surface area contributed by atoms with Crippen LogP contribution in [0.3, 0.4) is 0 Å². The predicted molar refractivity (Wildman–Crippen MR) is 55.2 cm³/mol. The van der Waals surface area contributed by atoms with Gasteiger partial charge in [0.15, 0.2) is 0 Å². The number of anilines is 1. The Kier molecular flexibility index (Phi) is 3.52. The van der Waals surface area contributed by atoms with E-state index < -0.39 is 15.2 Å². The van der Waals surface area contributed by atoms with Gasteiger partial charge in [-0.05, 0) is 22.0 Å². The van der Waals surface area contributed by atoms with E-state index in [0.29, 0.717) is 10.2 Å². The van der Waals surface area contributed by atoms with Crippen LogP contribution in [0.15, 0.2) is 22.9 Å². The molecule has 0 fully saturated rings. The van der Waals surface area contributed by atoms with Crippen molar-refractivity contribution < 1.29 is 8.42 Å². The van der Waals surface area contributed by atoms with E-state index in [2.05, 4.69) is 25.6 Å². The number of rotatable bonds is 3. The zero-order valence-electron chi connectivity index (χ0n) is 6.37. The molecule has 1 aromatic heterocycles. The second-order valence-corrected chi connectivity index (χ2v) is 5.44. The molecule has 0 amide bonds. The number of halogens is 2. The van der Waals surface area contributed by atoms with E-state index in [-0.39, 0.29) is 0 Å². The maximum absolute atomic E-state index is 11.0. The Bertz CT molecular complexity index is 395. The Morgan fingerprint density at radius 1 is 1.54 bits per heavy atom. The second-order valence-electron chi connectivity index (χ2n) is 2.22. The minimum Gasteiger partial charge on any atom is -0.281 e. The van der Waals surface area contributed by atoms with Crippen molar-refractivity contribution >= 4 is 43.2 Å². The molecule has 0 bridgehead atoms. The molecule has 0 saturated carbocycles. The van der Waals surface area contributed by atoms with Gasteiger partial charge in [-0.2, -0.15) is 0 Å². The van der Waals surface area contributed by atoms with E-state index in [4.69, 9.17) is 11.6 Å². The highest BCUT2D eigenvalue weighted by Crippen LogP contribution is 2.14. The summed E-state index contributed by atoms with van der Waals surface area (Å²) in [4.78, 5) is 3.79. The van der Waals surface area contributed by atoms with Gasteiger partial charge in [-0.1, -0.05) is 0 Å². The van der Waals surface area contributed by atoms with E-state index in [0.717, 1.165) is 0 Å². The Morgan fingerprint density at radius 3 is 2.77 bits per heavy atom. The lowest BCUT2D eigenvalue weighted by Gasteiger charge is -2.03. The lowest BCUT2D eigenvalue weighted by atomic mass is 10.4. The topological polar surface area (TPSA) is 59.1 Å². The van der Waals surface area contributed by atoms with E-state index >= 15 is 0 Å². The van der Waals surface area contributed by atoms with Crippen LogP contribution in [0.2, 0.25) is 0 Å². The average Bonchev–Trinajstić information content (AvgIpc) is 2.03. The van der Waals surface area contributed by atoms with Crippen LogP contribution in [0.1, 0.15) is 0 Å². The number of pyridine rings is 1. The molecule has 0 aliphatic rings.